The molecule has 0 radical (unpaired) electrons. The number of hydrogen-bond donors (Lipinski definition) is 14. The van der Waals surface area contributed by atoms with Gasteiger partial charge in [-0.1, -0.05) is 124 Å². The van der Waals surface area contributed by atoms with Crippen LogP contribution in [0.3, 0.4) is 0 Å². The van der Waals surface area contributed by atoms with E-state index < -0.39 is 120 Å². The van der Waals surface area contributed by atoms with Crippen LogP contribution in [0.25, 0.3) is 10.9 Å². The monoisotopic (exact) mass is 1240 g/mol. The molecule has 2 heterocycles. The molecule has 0 saturated heterocycles. The van der Waals surface area contributed by atoms with Crippen LogP contribution in [0.2, 0.25) is 5.02 Å². The van der Waals surface area contributed by atoms with Crippen molar-refractivity contribution in [2.24, 2.45) is 34.1 Å². The summed E-state index contributed by atoms with van der Waals surface area (Å²) in [7, 11) is 0. The van der Waals surface area contributed by atoms with E-state index in [-0.39, 0.29) is 49.3 Å². The first kappa shape index (κ1) is 68.4. The first-order valence-corrected chi connectivity index (χ1v) is 29.7. The lowest BCUT2D eigenvalue weighted by atomic mass is 9.99. The molecule has 0 aliphatic carbocycles. The van der Waals surface area contributed by atoms with Gasteiger partial charge in [-0.2, -0.15) is 5.84 Å². The van der Waals surface area contributed by atoms with Gasteiger partial charge in [0.25, 0.3) is 12.1 Å². The highest BCUT2D eigenvalue weighted by molar-refractivity contribution is 6.31. The molecule has 27 heteroatoms. The number of aromatic nitrogens is 3. The summed E-state index contributed by atoms with van der Waals surface area (Å²) in [6.45, 7) is 6.67. The average molecular weight is 1240 g/mol. The van der Waals surface area contributed by atoms with Crippen molar-refractivity contribution in [3.05, 3.63) is 155 Å². The number of primary amides is 2. The van der Waals surface area contributed by atoms with Crippen molar-refractivity contribution in [1.29, 1.82) is 0 Å². The molecule has 0 aliphatic rings. The number of imidazole rings is 1. The molecular formula is C62H80ClN16O10+. The second kappa shape index (κ2) is 33.4. The summed E-state index contributed by atoms with van der Waals surface area (Å²) in [6.07, 6.45) is 4.09. The number of nitrogens with zero attached hydrogens (tertiary/aromatic N) is 3. The summed E-state index contributed by atoms with van der Waals surface area (Å²) >= 11 is 6.74. The van der Waals surface area contributed by atoms with Crippen molar-refractivity contribution in [1.82, 2.24) is 52.2 Å². The Balaban J connectivity index is 1.20. The fraction of sp³-hybridized carbons (Fsp3) is 0.387. The minimum atomic E-state index is -1.40. The number of nitrogens with two attached hydrogens (primary N) is 4. The van der Waals surface area contributed by atoms with E-state index >= 15 is 0 Å². The number of hydrazine groups is 1. The number of nitrogens with one attached hydrogen (secondary N) is 9. The smallest absolute Gasteiger partial charge is 0.288 e. The fourth-order valence-electron chi connectivity index (χ4n) is 9.74. The quantitative estimate of drug-likeness (QED) is 0.00908. The maximum absolute atomic E-state index is 14.6. The van der Waals surface area contributed by atoms with Crippen molar-refractivity contribution in [3.8, 4) is 5.75 Å². The van der Waals surface area contributed by atoms with E-state index in [1.807, 2.05) is 31.2 Å². The van der Waals surface area contributed by atoms with Crippen LogP contribution in [0.15, 0.2) is 127 Å². The number of aromatic amines is 2. The molecule has 0 unspecified atom stereocenters. The Hall–Kier alpha value is -9.69. The van der Waals surface area contributed by atoms with Gasteiger partial charge in [-0.25, -0.2) is 4.98 Å². The number of benzene rings is 4. The number of fused-ring (bicyclic) bond motifs is 1. The summed E-state index contributed by atoms with van der Waals surface area (Å²) in [5, 5.41) is 34.4. The van der Waals surface area contributed by atoms with E-state index in [0.717, 1.165) is 27.7 Å². The number of azo groups is 1. The first-order chi connectivity index (χ1) is 42.5. The normalized spacial score (nSPS) is 14.5. The SMILES string of the molecule is CCCC[C@H](NC(=O)[C@H](Cc1ccccc1)N=[N+](N)[C@H](Cc1cnc[nH]1)NC(=O)C[C@H](NC(=O)[C@@H](NC(=O)[C@H](C)NC(=O)[C@H](Cc1c[nH]c2ccccc12)NC(=O)[C@H](CCC(N)=O)NC(=O)[C@H](N)Cc1ccc(O)cc1)C(C)C)c1ccccc1Cl)C(N)=O. The third kappa shape index (κ3) is 21.0. The number of aromatic hydroxyl groups is 1. The Morgan fingerprint density at radius 1 is 0.663 bits per heavy atom. The maximum atomic E-state index is 14.6. The van der Waals surface area contributed by atoms with Gasteiger partial charge in [0.05, 0.1) is 31.3 Å². The number of hydrogen-bond acceptors (Lipinski definition) is 13. The zero-order chi connectivity index (χ0) is 64.7. The van der Waals surface area contributed by atoms with Gasteiger partial charge in [-0.3, -0.25) is 48.5 Å². The van der Waals surface area contributed by atoms with Gasteiger partial charge in [0.1, 0.15) is 36.0 Å². The standard InChI is InChI=1S/C62H79ClN16O10/c1-5-6-19-47(56(66)83)72-61(88)51(28-37-14-8-7-9-15-37)78-79(67)53(30-40-33-68-34-70-40)76-54(82)31-49(43-17-10-12-18-44(43)63)74-62(89)55(35(2)3)77-57(84)36(4)71-60(87)50(29-39-32-69-46-20-13-11-16-42(39)46)75-59(86)48(25-26-52(65)81)73-58(85)45(64)27-38-21-23-41(80)24-22-38/h7-18,20-24,32-36,45,47-51,53,55,69H,5-6,19,25-31,64H2,1-4H3,(H14-,65,66,67,68,70,71,72,73,74,75,76,77,78,80,81,82,83,84,85,86,87,88,89)/p+1/t36-,45+,47-,48-,49-,50-,51-,53+,55-/m0/s1. The number of amides is 9. The molecule has 4 aromatic carbocycles. The van der Waals surface area contributed by atoms with Crippen LogP contribution in [0.1, 0.15) is 100 Å². The van der Waals surface area contributed by atoms with Crippen LogP contribution >= 0.6 is 11.6 Å². The number of rotatable bonds is 34. The van der Waals surface area contributed by atoms with Crippen molar-refractivity contribution in [2.75, 3.05) is 0 Å². The van der Waals surface area contributed by atoms with Crippen LogP contribution in [-0.2, 0) is 68.8 Å². The third-order valence-corrected chi connectivity index (χ3v) is 15.1. The highest BCUT2D eigenvalue weighted by Gasteiger charge is 2.36. The average Bonchev–Trinajstić information content (AvgIpc) is 4.43. The summed E-state index contributed by atoms with van der Waals surface area (Å²) in [4.78, 5) is 135. The zero-order valence-electron chi connectivity index (χ0n) is 50.0. The molecule has 0 bridgehead atoms. The van der Waals surface area contributed by atoms with Crippen LogP contribution in [0.4, 0.5) is 0 Å². The van der Waals surface area contributed by atoms with E-state index in [2.05, 4.69) is 57.3 Å². The predicted octanol–water partition coefficient (Wildman–Crippen LogP) is 2.29. The molecular weight excluding hydrogens is 1160 g/mol. The number of carbonyl (C=O) groups is 9. The molecule has 0 saturated carbocycles. The van der Waals surface area contributed by atoms with Crippen molar-refractivity contribution in [3.63, 3.8) is 0 Å². The highest BCUT2D eigenvalue weighted by Crippen LogP contribution is 2.26. The first-order valence-electron chi connectivity index (χ1n) is 29.3. The van der Waals surface area contributed by atoms with Gasteiger partial charge in [-0.15, -0.1) is 0 Å². The van der Waals surface area contributed by atoms with Gasteiger partial charge in [0.2, 0.25) is 47.3 Å². The molecule has 0 aliphatic heterocycles. The number of phenols is 1. The lowest BCUT2D eigenvalue weighted by Gasteiger charge is -2.28. The highest BCUT2D eigenvalue weighted by atomic mass is 35.5. The summed E-state index contributed by atoms with van der Waals surface area (Å²) in [6, 6.07) is 18.9. The Bertz CT molecular complexity index is 3420. The largest absolute Gasteiger partial charge is 0.508 e. The molecule has 474 valence electrons. The lowest BCUT2D eigenvalue weighted by molar-refractivity contribution is -0.645. The van der Waals surface area contributed by atoms with E-state index in [4.69, 9.17) is 34.6 Å². The molecule has 9 amide bonds. The summed E-state index contributed by atoms with van der Waals surface area (Å²) < 4.78 is 0. The topological polar surface area (TPSA) is 422 Å². The molecule has 26 nitrogen and oxygen atoms in total. The second-order valence-electron chi connectivity index (χ2n) is 22.1. The number of para-hydroxylation sites is 1. The maximum Gasteiger partial charge on any atom is 0.288 e. The molecule has 6 rings (SSSR count). The molecule has 2 aromatic heterocycles. The van der Waals surface area contributed by atoms with Crippen LogP contribution in [-0.4, -0.2) is 126 Å². The molecule has 9 atom stereocenters. The van der Waals surface area contributed by atoms with Crippen molar-refractivity contribution < 1.29 is 53.1 Å². The van der Waals surface area contributed by atoms with Gasteiger partial charge >= 0.3 is 0 Å². The van der Waals surface area contributed by atoms with Crippen LogP contribution in [0, 0.1) is 5.92 Å². The number of unbranched alkanes of at least 4 members (excludes halogenated alkanes) is 1. The molecule has 0 spiro atoms. The summed E-state index contributed by atoms with van der Waals surface area (Å²) in [5.74, 6) is -0.632. The Kier molecular flexibility index (Phi) is 25.7. The van der Waals surface area contributed by atoms with Crippen molar-refractivity contribution in [2.45, 2.75) is 146 Å². The van der Waals surface area contributed by atoms with Crippen LogP contribution < -0.4 is 60.3 Å². The third-order valence-electron chi connectivity index (χ3n) is 14.7. The lowest BCUT2D eigenvalue weighted by Crippen LogP contribution is -2.59. The molecule has 18 N–H and O–H groups in total. The van der Waals surface area contributed by atoms with Crippen LogP contribution in [0.5, 0.6) is 5.75 Å². The Labute approximate surface area is 519 Å². The van der Waals surface area contributed by atoms with Gasteiger partial charge in [-0.05, 0) is 78.6 Å². The molecule has 6 aromatic rings. The zero-order valence-corrected chi connectivity index (χ0v) is 50.8. The Morgan fingerprint density at radius 2 is 1.31 bits per heavy atom. The molecule has 0 fully saturated rings. The van der Waals surface area contributed by atoms with E-state index in [9.17, 15) is 48.3 Å². The minimum Gasteiger partial charge on any atom is -0.508 e. The van der Waals surface area contributed by atoms with E-state index in [1.54, 1.807) is 86.8 Å². The number of H-pyrrole nitrogens is 2. The number of halogens is 1. The summed E-state index contributed by atoms with van der Waals surface area (Å²) in [5.41, 5.74) is 20.9. The van der Waals surface area contributed by atoms with E-state index in [0.29, 0.717) is 35.2 Å². The van der Waals surface area contributed by atoms with Gasteiger partial charge in [0.15, 0.2) is 6.04 Å². The predicted molar refractivity (Wildman–Crippen MR) is 331 cm³/mol. The fourth-order valence-corrected chi connectivity index (χ4v) is 10.0. The Morgan fingerprint density at radius 3 is 1.98 bits per heavy atom. The van der Waals surface area contributed by atoms with E-state index in [1.165, 1.54) is 31.6 Å². The number of phenolic OH excluding ortho intramolecular Hbond substituents is 1. The second-order valence-corrected chi connectivity index (χ2v) is 22.5. The minimum absolute atomic E-state index is 0.00398. The van der Waals surface area contributed by atoms with Gasteiger partial charge < -0.3 is 64.2 Å². The number of carbonyl (C=O) groups excluding carboxylic acids is 9. The molecule has 89 heavy (non-hydrogen) atoms. The van der Waals surface area contributed by atoms with Gasteiger partial charge in [0, 0.05) is 63.2 Å². The van der Waals surface area contributed by atoms with Crippen molar-refractivity contribution >= 4 is 75.7 Å².